The van der Waals surface area contributed by atoms with Crippen LogP contribution in [0.3, 0.4) is 0 Å². The Kier molecular flexibility index (Phi) is 7.45. The number of imide groups is 1. The quantitative estimate of drug-likeness (QED) is 0.617. The number of ether oxygens (including phenoxy) is 1. The summed E-state index contributed by atoms with van der Waals surface area (Å²) in [6, 6.07) is 8.72. The van der Waals surface area contributed by atoms with Crippen molar-refractivity contribution in [3.8, 4) is 0 Å². The molecule has 6 nitrogen and oxygen atoms in total. The fourth-order valence-corrected chi connectivity index (χ4v) is 2.35. The maximum atomic E-state index is 11.8. The molecule has 0 fully saturated rings. The van der Waals surface area contributed by atoms with E-state index in [0.717, 1.165) is 4.90 Å². The van der Waals surface area contributed by atoms with Gasteiger partial charge >= 0.3 is 12.0 Å². The predicted octanol–water partition coefficient (Wildman–Crippen LogP) is 1.94. The number of carbonyl (C=O) groups is 3. The van der Waals surface area contributed by atoms with E-state index in [0.29, 0.717) is 0 Å². The molecular weight excluding hydrogens is 304 g/mol. The standard InChI is InChI=1S/C15H20N2O4S/c1-10(2)16-15(20)17-13(18)9-21-14(19)11(3)22-12-7-5-4-6-8-12/h4-8,10-11H,9H2,1-3H3,(H2,16,17,18,20)/t11-/m1/s1. The van der Waals surface area contributed by atoms with Gasteiger partial charge in [-0.1, -0.05) is 18.2 Å². The average molecular weight is 324 g/mol. The number of carbonyl (C=O) groups excluding carboxylic acids is 3. The summed E-state index contributed by atoms with van der Waals surface area (Å²) >= 11 is 1.34. The molecule has 120 valence electrons. The van der Waals surface area contributed by atoms with Crippen LogP contribution < -0.4 is 10.6 Å². The first-order chi connectivity index (χ1) is 10.4. The summed E-state index contributed by atoms with van der Waals surface area (Å²) in [7, 11) is 0. The molecule has 0 aliphatic rings. The largest absolute Gasteiger partial charge is 0.455 e. The second-order valence-electron chi connectivity index (χ2n) is 4.86. The molecule has 2 N–H and O–H groups in total. The van der Waals surface area contributed by atoms with E-state index in [1.807, 2.05) is 30.3 Å². The molecule has 0 aliphatic heterocycles. The number of thioether (sulfide) groups is 1. The van der Waals surface area contributed by atoms with Gasteiger partial charge in [-0.2, -0.15) is 0 Å². The van der Waals surface area contributed by atoms with Gasteiger partial charge in [0.05, 0.1) is 0 Å². The van der Waals surface area contributed by atoms with E-state index in [9.17, 15) is 14.4 Å². The number of urea groups is 1. The highest BCUT2D eigenvalue weighted by Gasteiger charge is 2.18. The topological polar surface area (TPSA) is 84.5 Å². The number of amides is 3. The van der Waals surface area contributed by atoms with Crippen molar-refractivity contribution in [3.63, 3.8) is 0 Å². The highest BCUT2D eigenvalue weighted by molar-refractivity contribution is 8.00. The van der Waals surface area contributed by atoms with Crippen molar-refractivity contribution >= 4 is 29.7 Å². The summed E-state index contributed by atoms with van der Waals surface area (Å²) in [5.74, 6) is -1.17. The minimum absolute atomic E-state index is 0.0855. The first-order valence-electron chi connectivity index (χ1n) is 6.87. The Hall–Kier alpha value is -2.02. The van der Waals surface area contributed by atoms with Crippen LogP contribution >= 0.6 is 11.8 Å². The zero-order valence-electron chi connectivity index (χ0n) is 12.8. The number of hydrogen-bond acceptors (Lipinski definition) is 5. The van der Waals surface area contributed by atoms with Crippen molar-refractivity contribution in [2.75, 3.05) is 6.61 Å². The van der Waals surface area contributed by atoms with Crippen molar-refractivity contribution in [3.05, 3.63) is 30.3 Å². The summed E-state index contributed by atoms with van der Waals surface area (Å²) in [4.78, 5) is 35.5. The third-order valence-electron chi connectivity index (χ3n) is 2.41. The Balaban J connectivity index is 2.32. The van der Waals surface area contributed by atoms with E-state index < -0.39 is 29.8 Å². The lowest BCUT2D eigenvalue weighted by Gasteiger charge is -2.12. The van der Waals surface area contributed by atoms with E-state index in [4.69, 9.17) is 4.74 Å². The maximum Gasteiger partial charge on any atom is 0.321 e. The van der Waals surface area contributed by atoms with Crippen LogP contribution in [0.25, 0.3) is 0 Å². The van der Waals surface area contributed by atoms with E-state index in [-0.39, 0.29) is 6.04 Å². The Labute approximate surface area is 134 Å². The van der Waals surface area contributed by atoms with Gasteiger partial charge in [-0.25, -0.2) is 4.79 Å². The highest BCUT2D eigenvalue weighted by Crippen LogP contribution is 2.23. The van der Waals surface area contributed by atoms with Crippen molar-refractivity contribution in [1.29, 1.82) is 0 Å². The normalized spacial score (nSPS) is 11.6. The molecule has 0 radical (unpaired) electrons. The zero-order valence-corrected chi connectivity index (χ0v) is 13.6. The first kappa shape index (κ1) is 18.0. The van der Waals surface area contributed by atoms with Gasteiger partial charge in [0.1, 0.15) is 5.25 Å². The summed E-state index contributed by atoms with van der Waals surface area (Å²) in [5.41, 5.74) is 0. The minimum Gasteiger partial charge on any atom is -0.455 e. The molecule has 0 saturated heterocycles. The second kappa shape index (κ2) is 9.09. The van der Waals surface area contributed by atoms with Crippen LogP contribution in [-0.2, 0) is 14.3 Å². The van der Waals surface area contributed by atoms with E-state index in [1.165, 1.54) is 11.8 Å². The molecule has 0 aliphatic carbocycles. The maximum absolute atomic E-state index is 11.8. The molecule has 0 aromatic heterocycles. The van der Waals surface area contributed by atoms with Gasteiger partial charge in [0.15, 0.2) is 6.61 Å². The van der Waals surface area contributed by atoms with Crippen LogP contribution in [0.2, 0.25) is 0 Å². The lowest BCUT2D eigenvalue weighted by atomic mass is 10.4. The highest BCUT2D eigenvalue weighted by atomic mass is 32.2. The molecule has 0 saturated carbocycles. The molecular formula is C15H20N2O4S. The number of esters is 1. The molecule has 7 heteroatoms. The van der Waals surface area contributed by atoms with Gasteiger partial charge in [0.2, 0.25) is 0 Å². The number of rotatable bonds is 6. The molecule has 0 heterocycles. The third kappa shape index (κ3) is 7.12. The number of hydrogen-bond donors (Lipinski definition) is 2. The molecule has 1 rings (SSSR count). The summed E-state index contributed by atoms with van der Waals surface area (Å²) in [6.45, 7) is 4.76. The van der Waals surface area contributed by atoms with Crippen LogP contribution in [-0.4, -0.2) is 35.8 Å². The van der Waals surface area contributed by atoms with E-state index in [1.54, 1.807) is 20.8 Å². The predicted molar refractivity (Wildman–Crippen MR) is 84.5 cm³/mol. The monoisotopic (exact) mass is 324 g/mol. The molecule has 3 amide bonds. The Morgan fingerprint density at radius 2 is 1.77 bits per heavy atom. The molecule has 1 atom stereocenters. The zero-order chi connectivity index (χ0) is 16.5. The third-order valence-corrected chi connectivity index (χ3v) is 3.50. The molecule has 22 heavy (non-hydrogen) atoms. The van der Waals surface area contributed by atoms with Crippen LogP contribution in [0.5, 0.6) is 0 Å². The van der Waals surface area contributed by atoms with Crippen LogP contribution in [0.4, 0.5) is 4.79 Å². The Bertz CT molecular complexity index is 520. The molecule has 0 bridgehead atoms. The van der Waals surface area contributed by atoms with E-state index in [2.05, 4.69) is 10.6 Å². The minimum atomic E-state index is -0.664. The molecule has 0 spiro atoms. The van der Waals surface area contributed by atoms with Crippen LogP contribution in [0, 0.1) is 0 Å². The molecule has 1 aromatic carbocycles. The number of nitrogens with one attached hydrogen (secondary N) is 2. The summed E-state index contributed by atoms with van der Waals surface area (Å²) in [6.07, 6.45) is 0. The van der Waals surface area contributed by atoms with Gasteiger partial charge in [-0.15, -0.1) is 11.8 Å². The van der Waals surface area contributed by atoms with Crippen molar-refractivity contribution in [1.82, 2.24) is 10.6 Å². The average Bonchev–Trinajstić information content (AvgIpc) is 2.44. The van der Waals surface area contributed by atoms with Gasteiger partial charge < -0.3 is 10.1 Å². The lowest BCUT2D eigenvalue weighted by molar-refractivity contribution is -0.147. The van der Waals surface area contributed by atoms with Gasteiger partial charge in [0.25, 0.3) is 5.91 Å². The van der Waals surface area contributed by atoms with Gasteiger partial charge in [-0.05, 0) is 32.9 Å². The SMILES string of the molecule is CC(C)NC(=O)NC(=O)COC(=O)[C@@H](C)Sc1ccccc1. The number of benzene rings is 1. The fourth-order valence-electron chi connectivity index (χ4n) is 1.47. The fraction of sp³-hybridized carbons (Fsp3) is 0.400. The summed E-state index contributed by atoms with van der Waals surface area (Å²) < 4.78 is 4.89. The van der Waals surface area contributed by atoms with Crippen molar-refractivity contribution < 1.29 is 19.1 Å². The summed E-state index contributed by atoms with van der Waals surface area (Å²) in [5, 5.41) is 4.14. The van der Waals surface area contributed by atoms with Crippen molar-refractivity contribution in [2.24, 2.45) is 0 Å². The Morgan fingerprint density at radius 1 is 1.14 bits per heavy atom. The molecule has 1 aromatic rings. The first-order valence-corrected chi connectivity index (χ1v) is 7.75. The van der Waals surface area contributed by atoms with Gasteiger partial charge in [0, 0.05) is 10.9 Å². The smallest absolute Gasteiger partial charge is 0.321 e. The Morgan fingerprint density at radius 3 is 2.36 bits per heavy atom. The van der Waals surface area contributed by atoms with Crippen LogP contribution in [0.1, 0.15) is 20.8 Å². The van der Waals surface area contributed by atoms with Crippen LogP contribution in [0.15, 0.2) is 35.2 Å². The van der Waals surface area contributed by atoms with Crippen molar-refractivity contribution in [2.45, 2.75) is 37.0 Å². The van der Waals surface area contributed by atoms with Gasteiger partial charge in [-0.3, -0.25) is 14.9 Å². The van der Waals surface area contributed by atoms with E-state index >= 15 is 0 Å². The second-order valence-corrected chi connectivity index (χ2v) is 6.27. The lowest BCUT2D eigenvalue weighted by Crippen LogP contribution is -2.44. The molecule has 0 unspecified atom stereocenters.